The van der Waals surface area contributed by atoms with Crippen molar-refractivity contribution in [3.05, 3.63) is 80.3 Å². The summed E-state index contributed by atoms with van der Waals surface area (Å²) in [5.74, 6) is -0.167. The molecule has 0 saturated carbocycles. The fourth-order valence-corrected chi connectivity index (χ4v) is 6.71. The first-order chi connectivity index (χ1) is 14.6. The average molecular weight is 439 g/mol. The summed E-state index contributed by atoms with van der Waals surface area (Å²) in [6.07, 6.45) is -0.00377. The number of fused-ring (bicyclic) bond motifs is 5. The number of aromatic amines is 1. The molecule has 152 valence electrons. The van der Waals surface area contributed by atoms with E-state index in [1.165, 1.54) is 11.8 Å². The molecule has 2 atom stereocenters. The maximum atomic E-state index is 13.2. The summed E-state index contributed by atoms with van der Waals surface area (Å²) in [5, 5.41) is 3.70. The van der Waals surface area contributed by atoms with Crippen molar-refractivity contribution in [2.24, 2.45) is 5.41 Å². The highest BCUT2D eigenvalue weighted by atomic mass is 32.2. The molecule has 2 aliphatic heterocycles. The fraction of sp³-hybridized carbons (Fsp3) is 0.227. The highest BCUT2D eigenvalue weighted by molar-refractivity contribution is 7.99. The average Bonchev–Trinajstić information content (AvgIpc) is 3.13. The zero-order valence-electron chi connectivity index (χ0n) is 15.8. The van der Waals surface area contributed by atoms with Crippen LogP contribution >= 0.6 is 23.1 Å². The van der Waals surface area contributed by atoms with Gasteiger partial charge < -0.3 is 15.0 Å². The van der Waals surface area contributed by atoms with Crippen molar-refractivity contribution in [3.8, 4) is 5.75 Å². The number of amides is 1. The van der Waals surface area contributed by atoms with E-state index < -0.39 is 17.3 Å². The van der Waals surface area contributed by atoms with Crippen LogP contribution in [0.2, 0.25) is 0 Å². The predicted octanol–water partition coefficient (Wildman–Crippen LogP) is 3.29. The second-order valence-corrected chi connectivity index (χ2v) is 9.45. The molecule has 30 heavy (non-hydrogen) atoms. The van der Waals surface area contributed by atoms with Crippen molar-refractivity contribution in [3.63, 3.8) is 0 Å². The number of aromatic nitrogens is 1. The fourth-order valence-electron chi connectivity index (χ4n) is 4.16. The number of rotatable bonds is 4. The summed E-state index contributed by atoms with van der Waals surface area (Å²) < 4.78 is 5.67. The summed E-state index contributed by atoms with van der Waals surface area (Å²) in [4.78, 5) is 41.7. The molecular formula is C22H18N2O4S2. The van der Waals surface area contributed by atoms with E-state index in [4.69, 9.17) is 4.74 Å². The largest absolute Gasteiger partial charge is 0.426 e. The van der Waals surface area contributed by atoms with Gasteiger partial charge >= 0.3 is 10.8 Å². The van der Waals surface area contributed by atoms with E-state index in [2.05, 4.69) is 10.3 Å². The molecule has 3 heterocycles. The van der Waals surface area contributed by atoms with Crippen LogP contribution in [-0.4, -0.2) is 22.6 Å². The van der Waals surface area contributed by atoms with Gasteiger partial charge in [0.25, 0.3) is 0 Å². The third-order valence-electron chi connectivity index (χ3n) is 5.58. The van der Waals surface area contributed by atoms with Crippen molar-refractivity contribution >= 4 is 35.0 Å². The first kappa shape index (κ1) is 19.1. The van der Waals surface area contributed by atoms with Crippen molar-refractivity contribution in [2.45, 2.75) is 23.9 Å². The van der Waals surface area contributed by atoms with Crippen molar-refractivity contribution in [1.29, 1.82) is 0 Å². The second-order valence-electron chi connectivity index (χ2n) is 7.45. The third-order valence-corrected chi connectivity index (χ3v) is 7.93. The quantitative estimate of drug-likeness (QED) is 0.482. The van der Waals surface area contributed by atoms with E-state index in [0.717, 1.165) is 32.4 Å². The number of nitrogens with one attached hydrogen (secondary N) is 2. The van der Waals surface area contributed by atoms with Crippen molar-refractivity contribution in [1.82, 2.24) is 10.3 Å². The van der Waals surface area contributed by atoms with Crippen LogP contribution in [-0.2, 0) is 16.1 Å². The molecule has 2 aliphatic rings. The Balaban J connectivity index is 1.51. The van der Waals surface area contributed by atoms with Crippen molar-refractivity contribution in [2.75, 3.05) is 5.75 Å². The zero-order valence-corrected chi connectivity index (χ0v) is 17.5. The van der Waals surface area contributed by atoms with Gasteiger partial charge in [-0.05, 0) is 11.6 Å². The van der Waals surface area contributed by atoms with Crippen LogP contribution in [0, 0.1) is 5.41 Å². The van der Waals surface area contributed by atoms with E-state index in [9.17, 15) is 14.4 Å². The Hall–Kier alpha value is -2.84. The summed E-state index contributed by atoms with van der Waals surface area (Å²) in [6.45, 7) is 0.391. The molecule has 0 radical (unpaired) electrons. The van der Waals surface area contributed by atoms with Gasteiger partial charge in [0.05, 0.1) is 10.4 Å². The van der Waals surface area contributed by atoms with Crippen LogP contribution < -0.4 is 14.9 Å². The number of para-hydroxylation sites is 1. The Morgan fingerprint density at radius 3 is 2.73 bits per heavy atom. The maximum Gasteiger partial charge on any atom is 0.319 e. The molecule has 5 rings (SSSR count). The zero-order chi connectivity index (χ0) is 20.7. The molecule has 1 aromatic heterocycles. The molecule has 0 unspecified atom stereocenters. The number of thioether (sulfide) groups is 1. The lowest BCUT2D eigenvalue weighted by molar-refractivity contribution is -0.150. The lowest BCUT2D eigenvalue weighted by Crippen LogP contribution is -2.50. The standard InChI is InChI=1S/C22H18N2O4S2/c25-16(23-11-13-6-2-1-3-7-13)10-22-12-29-19-18(30-21(27)24-19)17(22)14-8-4-5-9-15(14)28-20(22)26/h1-9,17H,10-12H2,(H,23,25)(H,24,27)/t17-,22-/m0/s1. The number of thiazole rings is 1. The number of hydrogen-bond donors (Lipinski definition) is 2. The Labute approximate surface area is 180 Å². The molecular weight excluding hydrogens is 420 g/mol. The number of ether oxygens (including phenoxy) is 1. The molecule has 2 aromatic carbocycles. The van der Waals surface area contributed by atoms with Gasteiger partial charge in [-0.1, -0.05) is 59.9 Å². The number of H-pyrrole nitrogens is 1. The van der Waals surface area contributed by atoms with E-state index in [-0.39, 0.29) is 17.2 Å². The number of esters is 1. The van der Waals surface area contributed by atoms with Crippen LogP contribution in [0.1, 0.15) is 28.3 Å². The summed E-state index contributed by atoms with van der Waals surface area (Å²) in [7, 11) is 0. The van der Waals surface area contributed by atoms with Gasteiger partial charge in [-0.15, -0.1) is 11.8 Å². The minimum Gasteiger partial charge on any atom is -0.426 e. The predicted molar refractivity (Wildman–Crippen MR) is 115 cm³/mol. The van der Waals surface area contributed by atoms with Gasteiger partial charge in [-0.2, -0.15) is 0 Å². The van der Waals surface area contributed by atoms with Crippen LogP contribution in [0.25, 0.3) is 0 Å². The molecule has 3 aromatic rings. The molecule has 8 heteroatoms. The third kappa shape index (κ3) is 3.16. The number of benzene rings is 2. The van der Waals surface area contributed by atoms with Crippen molar-refractivity contribution < 1.29 is 14.3 Å². The van der Waals surface area contributed by atoms with Gasteiger partial charge in [0, 0.05) is 35.1 Å². The topological polar surface area (TPSA) is 88.3 Å². The molecule has 0 saturated heterocycles. The highest BCUT2D eigenvalue weighted by Gasteiger charge is 2.57. The molecule has 0 aliphatic carbocycles. The lowest BCUT2D eigenvalue weighted by Gasteiger charge is -2.44. The lowest BCUT2D eigenvalue weighted by atomic mass is 9.68. The van der Waals surface area contributed by atoms with Gasteiger partial charge in [0.2, 0.25) is 5.91 Å². The highest BCUT2D eigenvalue weighted by Crippen LogP contribution is 2.58. The SMILES string of the molecule is O=C(C[C@]12CSc3[nH]c(=O)sc3[C@@H]1c1ccccc1OC2=O)NCc1ccccc1. The number of hydrogen-bond acceptors (Lipinski definition) is 6. The summed E-state index contributed by atoms with van der Waals surface area (Å²) in [5.41, 5.74) is 0.767. The van der Waals surface area contributed by atoms with Gasteiger partial charge in [0.15, 0.2) is 0 Å². The molecule has 0 fully saturated rings. The van der Waals surface area contributed by atoms with E-state index in [1.807, 2.05) is 48.5 Å². The van der Waals surface area contributed by atoms with Gasteiger partial charge in [-0.25, -0.2) is 0 Å². The number of carbonyl (C=O) groups excluding carboxylic acids is 2. The van der Waals surface area contributed by atoms with Gasteiger partial charge in [0.1, 0.15) is 5.75 Å². The van der Waals surface area contributed by atoms with Crippen LogP contribution in [0.3, 0.4) is 0 Å². The minimum atomic E-state index is -1.06. The van der Waals surface area contributed by atoms with Crippen LogP contribution in [0.4, 0.5) is 0 Å². The molecule has 6 nitrogen and oxygen atoms in total. The van der Waals surface area contributed by atoms with E-state index >= 15 is 0 Å². The Morgan fingerprint density at radius 2 is 1.90 bits per heavy atom. The second kappa shape index (κ2) is 7.45. The van der Waals surface area contributed by atoms with E-state index in [1.54, 1.807) is 6.07 Å². The Morgan fingerprint density at radius 1 is 1.13 bits per heavy atom. The summed E-state index contributed by atoms with van der Waals surface area (Å²) in [6, 6.07) is 17.0. The maximum absolute atomic E-state index is 13.2. The van der Waals surface area contributed by atoms with Gasteiger partial charge in [-0.3, -0.25) is 14.4 Å². The summed E-state index contributed by atoms with van der Waals surface area (Å²) >= 11 is 2.51. The Bertz CT molecular complexity index is 1190. The number of carbonyl (C=O) groups is 2. The smallest absolute Gasteiger partial charge is 0.319 e. The molecule has 2 N–H and O–H groups in total. The monoisotopic (exact) mass is 438 g/mol. The van der Waals surface area contributed by atoms with Crippen LogP contribution in [0.15, 0.2) is 64.4 Å². The first-order valence-electron chi connectivity index (χ1n) is 9.54. The van der Waals surface area contributed by atoms with Crippen LogP contribution in [0.5, 0.6) is 5.75 Å². The molecule has 1 amide bonds. The Kier molecular flexibility index (Phi) is 4.75. The molecule has 0 spiro atoms. The first-order valence-corrected chi connectivity index (χ1v) is 11.3. The van der Waals surface area contributed by atoms with E-state index in [0.29, 0.717) is 18.0 Å². The molecule has 0 bridgehead atoms. The normalized spacial score (nSPS) is 21.7. The minimum absolute atomic E-state index is 0.00377.